The monoisotopic (exact) mass is 322 g/mol. The average Bonchev–Trinajstić information content (AvgIpc) is 2.35. The highest BCUT2D eigenvalue weighted by Gasteiger charge is 2.26. The van der Waals surface area contributed by atoms with Crippen molar-refractivity contribution in [1.82, 2.24) is 4.72 Å². The zero-order valence-corrected chi connectivity index (χ0v) is 12.9. The van der Waals surface area contributed by atoms with E-state index in [-0.39, 0.29) is 29.4 Å². The fourth-order valence-corrected chi connectivity index (χ4v) is 3.80. The van der Waals surface area contributed by atoms with Gasteiger partial charge >= 0.3 is 0 Å². The van der Waals surface area contributed by atoms with E-state index < -0.39 is 15.8 Å². The maximum atomic E-state index is 13.6. The van der Waals surface area contributed by atoms with Crippen LogP contribution in [-0.4, -0.2) is 20.5 Å². The molecule has 1 aromatic carbocycles. The lowest BCUT2D eigenvalue weighted by Gasteiger charge is -2.26. The fourth-order valence-electron chi connectivity index (χ4n) is 2.34. The molecule has 1 aromatic rings. The number of rotatable bonds is 3. The Morgan fingerprint density at radius 3 is 2.45 bits per heavy atom. The summed E-state index contributed by atoms with van der Waals surface area (Å²) < 4.78 is 40.6. The van der Waals surface area contributed by atoms with Crippen LogP contribution >= 0.6 is 12.4 Å². The summed E-state index contributed by atoms with van der Waals surface area (Å²) in [5.41, 5.74) is 6.49. The lowest BCUT2D eigenvalue weighted by atomic mass is 9.93. The minimum absolute atomic E-state index is 0. The second-order valence-electron chi connectivity index (χ2n) is 5.17. The molecule has 0 aliphatic heterocycles. The summed E-state index contributed by atoms with van der Waals surface area (Å²) in [5.74, 6) is -0.717. The van der Waals surface area contributed by atoms with Crippen molar-refractivity contribution in [2.24, 2.45) is 5.73 Å². The lowest BCUT2D eigenvalue weighted by Crippen LogP contribution is -2.40. The topological polar surface area (TPSA) is 72.2 Å². The van der Waals surface area contributed by atoms with Gasteiger partial charge in [0.1, 0.15) is 10.7 Å². The van der Waals surface area contributed by atoms with Gasteiger partial charge in [-0.25, -0.2) is 17.5 Å². The number of halogens is 2. The second kappa shape index (κ2) is 6.85. The van der Waals surface area contributed by atoms with Crippen molar-refractivity contribution in [3.05, 3.63) is 29.6 Å². The standard InChI is InChI=1S/C13H19FN2O2S.ClH/c1-9-2-7-12(14)13(8-9)19(17,18)16-11-5-3-10(15)4-6-11;/h2,7-8,10-11,16H,3-6,15H2,1H3;1H. The first-order valence-corrected chi connectivity index (χ1v) is 7.91. The SMILES string of the molecule is Cc1ccc(F)c(S(=O)(=O)NC2CCC(N)CC2)c1.Cl. The van der Waals surface area contributed by atoms with E-state index in [9.17, 15) is 12.8 Å². The van der Waals surface area contributed by atoms with Crippen LogP contribution in [0.25, 0.3) is 0 Å². The number of nitrogens with one attached hydrogen (secondary N) is 1. The molecule has 1 aliphatic rings. The van der Waals surface area contributed by atoms with Crippen LogP contribution in [0.15, 0.2) is 23.1 Å². The van der Waals surface area contributed by atoms with E-state index in [2.05, 4.69) is 4.72 Å². The third-order valence-corrected chi connectivity index (χ3v) is 5.01. The van der Waals surface area contributed by atoms with Crippen molar-refractivity contribution < 1.29 is 12.8 Å². The third-order valence-electron chi connectivity index (χ3n) is 3.47. The van der Waals surface area contributed by atoms with E-state index in [0.717, 1.165) is 12.8 Å². The van der Waals surface area contributed by atoms with Gasteiger partial charge in [-0.15, -0.1) is 12.4 Å². The smallest absolute Gasteiger partial charge is 0.243 e. The van der Waals surface area contributed by atoms with Gasteiger partial charge in [-0.3, -0.25) is 0 Å². The summed E-state index contributed by atoms with van der Waals surface area (Å²) in [4.78, 5) is -0.276. The molecule has 1 fully saturated rings. The van der Waals surface area contributed by atoms with E-state index in [1.165, 1.54) is 12.1 Å². The molecule has 0 atom stereocenters. The molecule has 7 heteroatoms. The molecule has 0 radical (unpaired) electrons. The van der Waals surface area contributed by atoms with Crippen LogP contribution < -0.4 is 10.5 Å². The predicted molar refractivity (Wildman–Crippen MR) is 78.9 cm³/mol. The van der Waals surface area contributed by atoms with Crippen LogP contribution in [0.5, 0.6) is 0 Å². The van der Waals surface area contributed by atoms with E-state index in [4.69, 9.17) is 5.73 Å². The van der Waals surface area contributed by atoms with Gasteiger partial charge in [0.25, 0.3) is 0 Å². The Morgan fingerprint density at radius 2 is 1.85 bits per heavy atom. The Bertz CT molecular complexity index is 557. The normalized spacial score (nSPS) is 23.1. The van der Waals surface area contributed by atoms with Gasteiger partial charge < -0.3 is 5.73 Å². The fraction of sp³-hybridized carbons (Fsp3) is 0.538. The Morgan fingerprint density at radius 1 is 1.25 bits per heavy atom. The maximum Gasteiger partial charge on any atom is 0.243 e. The van der Waals surface area contributed by atoms with Crippen molar-refractivity contribution in [2.75, 3.05) is 0 Å². The summed E-state index contributed by atoms with van der Waals surface area (Å²) in [6.45, 7) is 1.73. The zero-order chi connectivity index (χ0) is 14.0. The summed E-state index contributed by atoms with van der Waals surface area (Å²) in [6.07, 6.45) is 2.99. The molecule has 4 nitrogen and oxygen atoms in total. The molecule has 114 valence electrons. The number of hydrogen-bond acceptors (Lipinski definition) is 3. The minimum atomic E-state index is -3.80. The van der Waals surface area contributed by atoms with Crippen LogP contribution in [0.2, 0.25) is 0 Å². The third kappa shape index (κ3) is 4.15. The van der Waals surface area contributed by atoms with Gasteiger partial charge in [-0.2, -0.15) is 0 Å². The summed E-state index contributed by atoms with van der Waals surface area (Å²) in [5, 5.41) is 0. The molecule has 20 heavy (non-hydrogen) atoms. The highest BCUT2D eigenvalue weighted by atomic mass is 35.5. The molecule has 1 aliphatic carbocycles. The number of benzene rings is 1. The number of hydrogen-bond donors (Lipinski definition) is 2. The van der Waals surface area contributed by atoms with Gasteiger partial charge in [-0.05, 0) is 50.3 Å². The lowest BCUT2D eigenvalue weighted by molar-refractivity contribution is 0.373. The van der Waals surface area contributed by atoms with Gasteiger partial charge in [0, 0.05) is 12.1 Å². The maximum absolute atomic E-state index is 13.6. The Labute approximate surface area is 125 Å². The molecule has 0 spiro atoms. The van der Waals surface area contributed by atoms with Crippen molar-refractivity contribution >= 4 is 22.4 Å². The summed E-state index contributed by atoms with van der Waals surface area (Å²) in [7, 11) is -3.80. The Balaban J connectivity index is 0.00000200. The largest absolute Gasteiger partial charge is 0.328 e. The molecule has 0 aromatic heterocycles. The van der Waals surface area contributed by atoms with E-state index >= 15 is 0 Å². The van der Waals surface area contributed by atoms with Gasteiger partial charge in [0.05, 0.1) is 0 Å². The first-order valence-electron chi connectivity index (χ1n) is 6.42. The second-order valence-corrected chi connectivity index (χ2v) is 6.85. The highest BCUT2D eigenvalue weighted by molar-refractivity contribution is 7.89. The van der Waals surface area contributed by atoms with E-state index in [1.54, 1.807) is 13.0 Å². The molecular formula is C13H20ClFN2O2S. The van der Waals surface area contributed by atoms with Crippen molar-refractivity contribution in [3.8, 4) is 0 Å². The molecule has 0 bridgehead atoms. The Kier molecular flexibility index (Phi) is 5.94. The van der Waals surface area contributed by atoms with Crippen LogP contribution in [0.1, 0.15) is 31.2 Å². The van der Waals surface area contributed by atoms with Crippen LogP contribution in [-0.2, 0) is 10.0 Å². The number of aryl methyl sites for hydroxylation is 1. The number of sulfonamides is 1. The molecule has 0 saturated heterocycles. The quantitative estimate of drug-likeness (QED) is 0.895. The predicted octanol–water partition coefficient (Wildman–Crippen LogP) is 2.10. The van der Waals surface area contributed by atoms with Crippen LogP contribution in [0, 0.1) is 12.7 Å². The van der Waals surface area contributed by atoms with E-state index in [0.29, 0.717) is 18.4 Å². The first kappa shape index (κ1) is 17.4. The molecule has 0 unspecified atom stereocenters. The van der Waals surface area contributed by atoms with E-state index in [1.807, 2.05) is 0 Å². The molecule has 0 heterocycles. The van der Waals surface area contributed by atoms with Gasteiger partial charge in [0.2, 0.25) is 10.0 Å². The first-order chi connectivity index (χ1) is 8.88. The molecule has 1 saturated carbocycles. The molecule has 2 rings (SSSR count). The van der Waals surface area contributed by atoms with Crippen molar-refractivity contribution in [1.29, 1.82) is 0 Å². The average molecular weight is 323 g/mol. The van der Waals surface area contributed by atoms with Crippen molar-refractivity contribution in [3.63, 3.8) is 0 Å². The van der Waals surface area contributed by atoms with Crippen LogP contribution in [0.3, 0.4) is 0 Å². The van der Waals surface area contributed by atoms with Gasteiger partial charge in [-0.1, -0.05) is 6.07 Å². The summed E-state index contributed by atoms with van der Waals surface area (Å²) >= 11 is 0. The molecule has 3 N–H and O–H groups in total. The van der Waals surface area contributed by atoms with Crippen LogP contribution in [0.4, 0.5) is 4.39 Å². The minimum Gasteiger partial charge on any atom is -0.328 e. The zero-order valence-electron chi connectivity index (χ0n) is 11.3. The molecule has 0 amide bonds. The summed E-state index contributed by atoms with van der Waals surface area (Å²) in [6, 6.07) is 4.09. The number of nitrogens with two attached hydrogens (primary N) is 1. The van der Waals surface area contributed by atoms with Crippen molar-refractivity contribution in [2.45, 2.75) is 49.6 Å². The van der Waals surface area contributed by atoms with Gasteiger partial charge in [0.15, 0.2) is 0 Å². The molecular weight excluding hydrogens is 303 g/mol. The Hall–Kier alpha value is -0.690. The highest BCUT2D eigenvalue weighted by Crippen LogP contribution is 2.21.